The fraction of sp³-hybridized carbons (Fsp3) is 0.818. The first-order chi connectivity index (χ1) is 7.87. The van der Waals surface area contributed by atoms with Gasteiger partial charge in [-0.25, -0.2) is 9.59 Å². The van der Waals surface area contributed by atoms with E-state index in [9.17, 15) is 9.59 Å². The number of carboxylic acids is 1. The van der Waals surface area contributed by atoms with Crippen LogP contribution >= 0.6 is 0 Å². The van der Waals surface area contributed by atoms with Gasteiger partial charge in [0.25, 0.3) is 0 Å². The minimum atomic E-state index is -0.941. The predicted molar refractivity (Wildman–Crippen MR) is 61.9 cm³/mol. The van der Waals surface area contributed by atoms with Gasteiger partial charge in [0.1, 0.15) is 6.04 Å². The first kappa shape index (κ1) is 13.8. The van der Waals surface area contributed by atoms with Gasteiger partial charge >= 0.3 is 12.0 Å². The molecule has 17 heavy (non-hydrogen) atoms. The number of rotatable bonds is 4. The van der Waals surface area contributed by atoms with E-state index in [0.717, 1.165) is 6.42 Å². The summed E-state index contributed by atoms with van der Waals surface area (Å²) in [6, 6.07) is -1.03. The molecule has 1 atom stereocenters. The molecule has 2 N–H and O–H groups in total. The number of methoxy groups -OCH3 is 1. The number of aliphatic carboxylic acids is 1. The number of hydrogen-bond donors (Lipinski definition) is 2. The van der Waals surface area contributed by atoms with Crippen LogP contribution in [0.5, 0.6) is 0 Å². The highest BCUT2D eigenvalue weighted by molar-refractivity contribution is 5.83. The number of nitrogens with zero attached hydrogens (tertiary/aromatic N) is 1. The summed E-state index contributed by atoms with van der Waals surface area (Å²) < 4.78 is 5.18. The summed E-state index contributed by atoms with van der Waals surface area (Å²) in [7, 11) is 1.57. The van der Waals surface area contributed by atoms with E-state index in [1.807, 2.05) is 13.8 Å². The van der Waals surface area contributed by atoms with E-state index in [1.54, 1.807) is 7.11 Å². The monoisotopic (exact) mass is 244 g/mol. The van der Waals surface area contributed by atoms with Crippen LogP contribution in [-0.4, -0.2) is 53.8 Å². The third kappa shape index (κ3) is 3.59. The average Bonchev–Trinajstić information content (AvgIpc) is 2.75. The van der Waals surface area contributed by atoms with Gasteiger partial charge in [-0.05, 0) is 26.7 Å². The Kier molecular flexibility index (Phi) is 4.34. The molecule has 0 aromatic carbocycles. The maximum atomic E-state index is 11.8. The molecule has 1 saturated heterocycles. The van der Waals surface area contributed by atoms with Gasteiger partial charge in [-0.2, -0.15) is 0 Å². The van der Waals surface area contributed by atoms with E-state index >= 15 is 0 Å². The normalized spacial score (nSPS) is 20.4. The van der Waals surface area contributed by atoms with Crippen molar-refractivity contribution in [1.29, 1.82) is 0 Å². The standard InChI is InChI=1S/C11H20N2O4/c1-11(2,17-3)7-12-10(16)13-6-4-5-8(13)9(14)15/h8H,4-7H2,1-3H3,(H,12,16)(H,14,15). The highest BCUT2D eigenvalue weighted by atomic mass is 16.5. The SMILES string of the molecule is COC(C)(C)CNC(=O)N1CCCC1C(=O)O. The number of urea groups is 1. The van der Waals surface area contributed by atoms with E-state index in [0.29, 0.717) is 19.5 Å². The number of carbonyl (C=O) groups excluding carboxylic acids is 1. The zero-order valence-corrected chi connectivity index (χ0v) is 10.5. The fourth-order valence-corrected chi connectivity index (χ4v) is 1.73. The Morgan fingerprint density at radius 2 is 2.18 bits per heavy atom. The molecule has 1 heterocycles. The second-order valence-corrected chi connectivity index (χ2v) is 4.81. The van der Waals surface area contributed by atoms with Gasteiger partial charge in [0.05, 0.1) is 5.60 Å². The third-order valence-corrected chi connectivity index (χ3v) is 3.02. The van der Waals surface area contributed by atoms with Crippen molar-refractivity contribution in [3.63, 3.8) is 0 Å². The summed E-state index contributed by atoms with van der Waals surface area (Å²) in [6.45, 7) is 4.55. The summed E-state index contributed by atoms with van der Waals surface area (Å²) in [4.78, 5) is 24.1. The molecule has 6 heteroatoms. The molecule has 0 aromatic rings. The lowest BCUT2D eigenvalue weighted by Gasteiger charge is -2.27. The Labute approximate surface area is 101 Å². The van der Waals surface area contributed by atoms with E-state index in [-0.39, 0.29) is 6.03 Å². The molecule has 0 aliphatic carbocycles. The van der Waals surface area contributed by atoms with Gasteiger partial charge in [-0.3, -0.25) is 0 Å². The van der Waals surface area contributed by atoms with Crippen LogP contribution in [0, 0.1) is 0 Å². The topological polar surface area (TPSA) is 78.9 Å². The number of hydrogen-bond acceptors (Lipinski definition) is 3. The van der Waals surface area contributed by atoms with Crippen LogP contribution < -0.4 is 5.32 Å². The van der Waals surface area contributed by atoms with Crippen LogP contribution in [0.15, 0.2) is 0 Å². The predicted octanol–water partition coefficient (Wildman–Crippen LogP) is 0.670. The summed E-state index contributed by atoms with van der Waals surface area (Å²) in [6.07, 6.45) is 1.26. The Morgan fingerprint density at radius 1 is 1.53 bits per heavy atom. The summed E-state index contributed by atoms with van der Waals surface area (Å²) >= 11 is 0. The number of ether oxygens (including phenoxy) is 1. The van der Waals surface area contributed by atoms with Crippen LogP contribution in [0.1, 0.15) is 26.7 Å². The summed E-state index contributed by atoms with van der Waals surface area (Å²) in [5.74, 6) is -0.941. The van der Waals surface area contributed by atoms with Crippen molar-refractivity contribution in [2.24, 2.45) is 0 Å². The Bertz CT molecular complexity index is 304. The Balaban J connectivity index is 2.50. The van der Waals surface area contributed by atoms with E-state index in [2.05, 4.69) is 5.32 Å². The molecule has 1 unspecified atom stereocenters. The van der Waals surface area contributed by atoms with Crippen LogP contribution in [0.25, 0.3) is 0 Å². The number of amides is 2. The second kappa shape index (κ2) is 5.35. The zero-order chi connectivity index (χ0) is 13.1. The number of nitrogens with one attached hydrogen (secondary N) is 1. The molecule has 1 rings (SSSR count). The third-order valence-electron chi connectivity index (χ3n) is 3.02. The Morgan fingerprint density at radius 3 is 2.71 bits per heavy atom. The van der Waals surface area contributed by atoms with E-state index < -0.39 is 17.6 Å². The molecule has 1 fully saturated rings. The number of carbonyl (C=O) groups is 2. The van der Waals surface area contributed by atoms with Crippen molar-refractivity contribution in [3.05, 3.63) is 0 Å². The maximum absolute atomic E-state index is 11.8. The van der Waals surface area contributed by atoms with Crippen LogP contribution in [0.4, 0.5) is 4.79 Å². The second-order valence-electron chi connectivity index (χ2n) is 4.81. The van der Waals surface area contributed by atoms with Crippen LogP contribution in [0.2, 0.25) is 0 Å². The van der Waals surface area contributed by atoms with Crippen molar-refractivity contribution < 1.29 is 19.4 Å². The van der Waals surface area contributed by atoms with Crippen molar-refractivity contribution in [2.45, 2.75) is 38.3 Å². The minimum absolute atomic E-state index is 0.333. The van der Waals surface area contributed by atoms with Gasteiger partial charge in [0.2, 0.25) is 0 Å². The highest BCUT2D eigenvalue weighted by Gasteiger charge is 2.34. The molecule has 6 nitrogen and oxygen atoms in total. The van der Waals surface area contributed by atoms with E-state index in [1.165, 1.54) is 4.90 Å². The number of likely N-dealkylation sites (tertiary alicyclic amines) is 1. The fourth-order valence-electron chi connectivity index (χ4n) is 1.73. The van der Waals surface area contributed by atoms with Crippen molar-refractivity contribution in [2.75, 3.05) is 20.2 Å². The largest absolute Gasteiger partial charge is 0.480 e. The first-order valence-corrected chi connectivity index (χ1v) is 5.70. The molecule has 1 aliphatic rings. The maximum Gasteiger partial charge on any atom is 0.326 e. The molecule has 0 saturated carbocycles. The van der Waals surface area contributed by atoms with Crippen molar-refractivity contribution in [1.82, 2.24) is 10.2 Å². The van der Waals surface area contributed by atoms with Gasteiger partial charge < -0.3 is 20.1 Å². The van der Waals surface area contributed by atoms with Crippen LogP contribution in [-0.2, 0) is 9.53 Å². The highest BCUT2D eigenvalue weighted by Crippen LogP contribution is 2.17. The molecule has 0 bridgehead atoms. The summed E-state index contributed by atoms with van der Waals surface area (Å²) in [5.41, 5.74) is -0.450. The zero-order valence-electron chi connectivity index (χ0n) is 10.5. The molecule has 0 spiro atoms. The van der Waals surface area contributed by atoms with Gasteiger partial charge in [-0.15, -0.1) is 0 Å². The molecular formula is C11H20N2O4. The minimum Gasteiger partial charge on any atom is -0.480 e. The molecule has 1 aliphatic heterocycles. The van der Waals surface area contributed by atoms with Crippen molar-refractivity contribution >= 4 is 12.0 Å². The van der Waals surface area contributed by atoms with Gasteiger partial charge in [0.15, 0.2) is 0 Å². The van der Waals surface area contributed by atoms with Crippen LogP contribution in [0.3, 0.4) is 0 Å². The smallest absolute Gasteiger partial charge is 0.326 e. The summed E-state index contributed by atoms with van der Waals surface area (Å²) in [5, 5.41) is 11.7. The van der Waals surface area contributed by atoms with Gasteiger partial charge in [-0.1, -0.05) is 0 Å². The van der Waals surface area contributed by atoms with Gasteiger partial charge in [0, 0.05) is 20.2 Å². The lowest BCUT2D eigenvalue weighted by atomic mass is 10.1. The molecular weight excluding hydrogens is 224 g/mol. The van der Waals surface area contributed by atoms with Crippen molar-refractivity contribution in [3.8, 4) is 0 Å². The first-order valence-electron chi connectivity index (χ1n) is 5.70. The molecule has 0 aromatic heterocycles. The quantitative estimate of drug-likeness (QED) is 0.762. The lowest BCUT2D eigenvalue weighted by Crippen LogP contribution is -2.49. The Hall–Kier alpha value is -1.30. The number of carboxylic acid groups (broad SMARTS) is 1. The lowest BCUT2D eigenvalue weighted by molar-refractivity contribution is -0.141. The molecule has 0 radical (unpaired) electrons. The van der Waals surface area contributed by atoms with E-state index in [4.69, 9.17) is 9.84 Å². The molecule has 2 amide bonds. The molecule has 98 valence electrons. The average molecular weight is 244 g/mol.